The van der Waals surface area contributed by atoms with E-state index >= 15 is 0 Å². The second-order valence-corrected chi connectivity index (χ2v) is 9.88. The molecule has 2 aromatic heterocycles. The number of benzene rings is 2. The molecule has 1 amide bonds. The Morgan fingerprint density at radius 2 is 1.74 bits per heavy atom. The molecule has 3 heterocycles. The molecule has 2 aromatic carbocycles. The van der Waals surface area contributed by atoms with Gasteiger partial charge in [0.15, 0.2) is 5.78 Å². The fraction of sp³-hybridized carbons (Fsp3) is 0.120. The van der Waals surface area contributed by atoms with Crippen LogP contribution in [-0.4, -0.2) is 23.2 Å². The average molecular weight is 511 g/mol. The van der Waals surface area contributed by atoms with Crippen molar-refractivity contribution in [3.8, 4) is 9.75 Å². The van der Waals surface area contributed by atoms with Crippen molar-refractivity contribution in [2.45, 2.75) is 12.8 Å². The molecule has 0 saturated heterocycles. The molecule has 6 nitrogen and oxygen atoms in total. The van der Waals surface area contributed by atoms with Gasteiger partial charge in [-0.3, -0.25) is 19.7 Å². The highest BCUT2D eigenvalue weighted by molar-refractivity contribution is 7.23. The van der Waals surface area contributed by atoms with E-state index in [-0.39, 0.29) is 29.4 Å². The van der Waals surface area contributed by atoms with E-state index in [0.717, 1.165) is 27.5 Å². The van der Waals surface area contributed by atoms with Crippen LogP contribution in [0.25, 0.3) is 9.75 Å². The summed E-state index contributed by atoms with van der Waals surface area (Å²) in [6.45, 7) is 0.346. The van der Waals surface area contributed by atoms with Gasteiger partial charge in [-0.05, 0) is 53.8 Å². The number of ketones is 1. The van der Waals surface area contributed by atoms with Crippen molar-refractivity contribution in [2.24, 2.45) is 0 Å². The Kier molecular flexibility index (Phi) is 6.00. The summed E-state index contributed by atoms with van der Waals surface area (Å²) in [6, 6.07) is 12.6. The summed E-state index contributed by atoms with van der Waals surface area (Å²) >= 11 is 2.69. The van der Waals surface area contributed by atoms with Gasteiger partial charge < -0.3 is 4.90 Å². The van der Waals surface area contributed by atoms with Crippen LogP contribution in [0.1, 0.15) is 31.2 Å². The van der Waals surface area contributed by atoms with Gasteiger partial charge in [0.25, 0.3) is 11.6 Å². The molecule has 0 unspecified atom stereocenters. The van der Waals surface area contributed by atoms with Gasteiger partial charge in [-0.1, -0.05) is 6.07 Å². The standard InChI is InChI=1S/C25H16F2N2O4S2/c26-18-2-1-3-19(27)17(18)13-21(30)22-12-15-8-10-28(20-9-11-34-24(20)23(15)35-22)25(31)14-4-6-16(7-5-14)29(32)33/h1-7,9,11-12H,8,10,13H2. The van der Waals surface area contributed by atoms with E-state index in [1.54, 1.807) is 11.0 Å². The smallest absolute Gasteiger partial charge is 0.269 e. The minimum Gasteiger partial charge on any atom is -0.307 e. The highest BCUT2D eigenvalue weighted by Gasteiger charge is 2.29. The number of fused-ring (bicyclic) bond motifs is 3. The molecule has 10 heteroatoms. The maximum atomic E-state index is 14.0. The Morgan fingerprint density at radius 3 is 2.43 bits per heavy atom. The van der Waals surface area contributed by atoms with Crippen LogP contribution >= 0.6 is 22.7 Å². The molecule has 0 bridgehead atoms. The summed E-state index contributed by atoms with van der Waals surface area (Å²) in [6.07, 6.45) is 0.104. The van der Waals surface area contributed by atoms with Gasteiger partial charge in [0.1, 0.15) is 11.6 Å². The predicted molar refractivity (Wildman–Crippen MR) is 131 cm³/mol. The minimum absolute atomic E-state index is 0.0942. The maximum absolute atomic E-state index is 14.0. The van der Waals surface area contributed by atoms with Crippen molar-refractivity contribution < 1.29 is 23.3 Å². The molecular formula is C25H16F2N2O4S2. The van der Waals surface area contributed by atoms with Crippen LogP contribution in [0, 0.1) is 21.7 Å². The fourth-order valence-electron chi connectivity index (χ4n) is 4.02. The summed E-state index contributed by atoms with van der Waals surface area (Å²) in [4.78, 5) is 40.2. The van der Waals surface area contributed by atoms with E-state index in [2.05, 4.69) is 0 Å². The number of anilines is 1. The monoisotopic (exact) mass is 510 g/mol. The van der Waals surface area contributed by atoms with E-state index < -0.39 is 16.6 Å². The predicted octanol–water partition coefficient (Wildman–Crippen LogP) is 6.29. The number of nitro benzene ring substituents is 1. The zero-order valence-electron chi connectivity index (χ0n) is 18.0. The van der Waals surface area contributed by atoms with E-state index in [0.29, 0.717) is 29.1 Å². The van der Waals surface area contributed by atoms with Crippen molar-refractivity contribution in [1.82, 2.24) is 0 Å². The SMILES string of the molecule is O=C(Cc1c(F)cccc1F)c1cc2c(s1)-c1sccc1N(C(=O)c1ccc([N+](=O)[O-])cc1)CC2. The van der Waals surface area contributed by atoms with Crippen molar-refractivity contribution >= 4 is 45.7 Å². The summed E-state index contributed by atoms with van der Waals surface area (Å²) in [5.74, 6) is -2.15. The number of rotatable bonds is 5. The lowest BCUT2D eigenvalue weighted by Gasteiger charge is -2.21. The first-order chi connectivity index (χ1) is 16.8. The van der Waals surface area contributed by atoms with Crippen LogP contribution in [0.3, 0.4) is 0 Å². The van der Waals surface area contributed by atoms with E-state index in [9.17, 15) is 28.5 Å². The van der Waals surface area contributed by atoms with E-state index in [1.165, 1.54) is 53.0 Å². The summed E-state index contributed by atoms with van der Waals surface area (Å²) in [7, 11) is 0. The van der Waals surface area contributed by atoms with Gasteiger partial charge in [0.2, 0.25) is 0 Å². The molecule has 176 valence electrons. The molecule has 0 fully saturated rings. The Labute approximate surface area is 206 Å². The number of hydrogen-bond acceptors (Lipinski definition) is 6. The number of carbonyl (C=O) groups is 2. The number of halogens is 2. The highest BCUT2D eigenvalue weighted by atomic mass is 32.1. The van der Waals surface area contributed by atoms with Crippen LogP contribution in [0.5, 0.6) is 0 Å². The number of Topliss-reactive ketones (excluding diaryl/α,β-unsaturated/α-hetero) is 1. The molecule has 0 aliphatic carbocycles. The topological polar surface area (TPSA) is 80.5 Å². The van der Waals surface area contributed by atoms with Gasteiger partial charge in [-0.25, -0.2) is 8.78 Å². The normalized spacial score (nSPS) is 12.6. The van der Waals surface area contributed by atoms with Gasteiger partial charge in [0, 0.05) is 36.2 Å². The molecule has 0 N–H and O–H groups in total. The summed E-state index contributed by atoms with van der Waals surface area (Å²) < 4.78 is 28.0. The average Bonchev–Trinajstić information content (AvgIpc) is 3.46. The minimum atomic E-state index is -0.752. The number of hydrogen-bond donors (Lipinski definition) is 0. The highest BCUT2D eigenvalue weighted by Crippen LogP contribution is 2.45. The number of nitro groups is 1. The third kappa shape index (κ3) is 4.26. The van der Waals surface area contributed by atoms with Crippen LogP contribution in [0.4, 0.5) is 20.2 Å². The van der Waals surface area contributed by atoms with Crippen molar-refractivity contribution in [1.29, 1.82) is 0 Å². The lowest BCUT2D eigenvalue weighted by atomic mass is 10.1. The van der Waals surface area contributed by atoms with Crippen LogP contribution in [-0.2, 0) is 12.8 Å². The number of carbonyl (C=O) groups excluding carboxylic acids is 2. The van der Waals surface area contributed by atoms with Crippen LogP contribution in [0.2, 0.25) is 0 Å². The largest absolute Gasteiger partial charge is 0.307 e. The van der Waals surface area contributed by atoms with Gasteiger partial charge in [-0.15, -0.1) is 22.7 Å². The number of nitrogens with zero attached hydrogens (tertiary/aromatic N) is 2. The fourth-order valence-corrected chi connectivity index (χ4v) is 6.26. The maximum Gasteiger partial charge on any atom is 0.269 e. The molecule has 0 radical (unpaired) electrons. The quantitative estimate of drug-likeness (QED) is 0.180. The molecule has 35 heavy (non-hydrogen) atoms. The lowest BCUT2D eigenvalue weighted by molar-refractivity contribution is -0.384. The van der Waals surface area contributed by atoms with Gasteiger partial charge in [0.05, 0.1) is 25.2 Å². The van der Waals surface area contributed by atoms with Gasteiger partial charge in [-0.2, -0.15) is 0 Å². The van der Waals surface area contributed by atoms with Crippen molar-refractivity contribution in [2.75, 3.05) is 11.4 Å². The first kappa shape index (κ1) is 23.0. The first-order valence-electron chi connectivity index (χ1n) is 10.6. The van der Waals surface area contributed by atoms with E-state index in [1.807, 2.05) is 11.4 Å². The Morgan fingerprint density at radius 1 is 1.03 bits per heavy atom. The van der Waals surface area contributed by atoms with Crippen molar-refractivity contribution in [3.05, 3.63) is 103 Å². The molecule has 1 aliphatic heterocycles. The molecule has 4 aromatic rings. The molecule has 0 saturated carbocycles. The zero-order valence-corrected chi connectivity index (χ0v) is 19.6. The summed E-state index contributed by atoms with van der Waals surface area (Å²) in [5, 5.41) is 12.8. The Hall–Kier alpha value is -3.76. The van der Waals surface area contributed by atoms with Crippen molar-refractivity contribution in [3.63, 3.8) is 0 Å². The van der Waals surface area contributed by atoms with Gasteiger partial charge >= 0.3 is 0 Å². The number of amides is 1. The van der Waals surface area contributed by atoms with Crippen LogP contribution in [0.15, 0.2) is 60.0 Å². The third-order valence-corrected chi connectivity index (χ3v) is 8.09. The molecule has 5 rings (SSSR count). The number of non-ortho nitro benzene ring substituents is 1. The molecule has 1 aliphatic rings. The number of thiophene rings is 2. The van der Waals surface area contributed by atoms with Crippen LogP contribution < -0.4 is 4.90 Å². The summed E-state index contributed by atoms with van der Waals surface area (Å²) in [5.41, 5.74) is 1.56. The van der Waals surface area contributed by atoms with E-state index in [4.69, 9.17) is 0 Å². The Balaban J connectivity index is 1.43. The molecular weight excluding hydrogens is 494 g/mol. The lowest BCUT2D eigenvalue weighted by Crippen LogP contribution is -2.32. The molecule has 0 atom stereocenters. The molecule has 0 spiro atoms. The third-order valence-electron chi connectivity index (χ3n) is 5.80. The Bertz CT molecular complexity index is 1460. The second kappa shape index (κ2) is 9.12. The first-order valence-corrected chi connectivity index (χ1v) is 12.3. The zero-order chi connectivity index (χ0) is 24.7. The second-order valence-electron chi connectivity index (χ2n) is 7.91.